The Morgan fingerprint density at radius 1 is 1.21 bits per heavy atom. The van der Waals surface area contributed by atoms with Crippen LogP contribution < -0.4 is 10.6 Å². The molecule has 1 aliphatic heterocycles. The van der Waals surface area contributed by atoms with Crippen LogP contribution in [0.1, 0.15) is 24.1 Å². The van der Waals surface area contributed by atoms with Gasteiger partial charge < -0.3 is 15.4 Å². The van der Waals surface area contributed by atoms with Crippen molar-refractivity contribution < 1.29 is 9.13 Å². The second-order valence-corrected chi connectivity index (χ2v) is 6.04. The highest BCUT2D eigenvalue weighted by atomic mass is 19.1. The number of halogens is 1. The number of nitrogens with zero attached hydrogens (tertiary/aromatic N) is 2. The van der Waals surface area contributed by atoms with Crippen LogP contribution in [-0.2, 0) is 11.2 Å². The maximum Gasteiger partial charge on any atom is 0.224 e. The summed E-state index contributed by atoms with van der Waals surface area (Å²) in [5.41, 5.74) is 2.00. The van der Waals surface area contributed by atoms with Crippen LogP contribution in [0.5, 0.6) is 0 Å². The lowest BCUT2D eigenvalue weighted by atomic mass is 10.1. The third-order valence-electron chi connectivity index (χ3n) is 4.00. The average Bonchev–Trinajstić information content (AvgIpc) is 3.08. The van der Waals surface area contributed by atoms with Crippen LogP contribution in [-0.4, -0.2) is 35.8 Å². The second kappa shape index (κ2) is 8.06. The Balaban J connectivity index is 1.51. The Bertz CT molecular complexity index is 657. The van der Waals surface area contributed by atoms with Gasteiger partial charge in [-0.1, -0.05) is 12.1 Å². The molecule has 1 aliphatic rings. The Labute approximate surface area is 141 Å². The number of aryl methyl sites for hydroxylation is 1. The van der Waals surface area contributed by atoms with E-state index in [0.29, 0.717) is 5.95 Å². The number of rotatable bonds is 7. The van der Waals surface area contributed by atoms with Crippen molar-refractivity contribution in [2.45, 2.75) is 32.3 Å². The maximum absolute atomic E-state index is 12.9. The summed E-state index contributed by atoms with van der Waals surface area (Å²) in [4.78, 5) is 8.90. The van der Waals surface area contributed by atoms with E-state index >= 15 is 0 Å². The van der Waals surface area contributed by atoms with Crippen LogP contribution in [0.15, 0.2) is 30.3 Å². The summed E-state index contributed by atoms with van der Waals surface area (Å²) in [6, 6.07) is 8.49. The number of benzene rings is 1. The third kappa shape index (κ3) is 4.89. The number of aromatic nitrogens is 2. The van der Waals surface area contributed by atoms with E-state index < -0.39 is 0 Å². The first-order chi connectivity index (χ1) is 11.7. The van der Waals surface area contributed by atoms with Crippen molar-refractivity contribution in [1.82, 2.24) is 9.97 Å². The van der Waals surface area contributed by atoms with Gasteiger partial charge in [0.15, 0.2) is 0 Å². The third-order valence-corrected chi connectivity index (χ3v) is 4.00. The number of anilines is 2. The molecule has 2 aromatic rings. The van der Waals surface area contributed by atoms with Gasteiger partial charge in [0.05, 0.1) is 6.10 Å². The maximum atomic E-state index is 12.9. The molecule has 0 saturated carbocycles. The first-order valence-electron chi connectivity index (χ1n) is 8.38. The molecule has 1 aromatic heterocycles. The summed E-state index contributed by atoms with van der Waals surface area (Å²) in [6.07, 6.45) is 3.27. The molecule has 1 saturated heterocycles. The van der Waals surface area contributed by atoms with Gasteiger partial charge >= 0.3 is 0 Å². The van der Waals surface area contributed by atoms with Gasteiger partial charge in [-0.25, -0.2) is 9.37 Å². The molecule has 1 atom stereocenters. The quantitative estimate of drug-likeness (QED) is 0.816. The molecule has 3 rings (SSSR count). The Hall–Kier alpha value is -2.21. The van der Waals surface area contributed by atoms with Gasteiger partial charge in [0.2, 0.25) is 5.95 Å². The topological polar surface area (TPSA) is 59.1 Å². The van der Waals surface area contributed by atoms with Crippen LogP contribution in [0.3, 0.4) is 0 Å². The fourth-order valence-corrected chi connectivity index (χ4v) is 2.73. The van der Waals surface area contributed by atoms with Crippen molar-refractivity contribution in [1.29, 1.82) is 0 Å². The predicted octanol–water partition coefficient (Wildman–Crippen LogP) is 3.17. The number of hydrogen-bond donors (Lipinski definition) is 2. The summed E-state index contributed by atoms with van der Waals surface area (Å²) in [5, 5.41) is 6.55. The Morgan fingerprint density at radius 2 is 2.04 bits per heavy atom. The van der Waals surface area contributed by atoms with Crippen LogP contribution in [0.25, 0.3) is 0 Å². The number of hydrogen-bond acceptors (Lipinski definition) is 5. The van der Waals surface area contributed by atoms with E-state index in [9.17, 15) is 4.39 Å². The highest BCUT2D eigenvalue weighted by Gasteiger charge is 2.15. The Kier molecular flexibility index (Phi) is 5.59. The minimum absolute atomic E-state index is 0.208. The summed E-state index contributed by atoms with van der Waals surface area (Å²) in [5.74, 6) is 1.20. The van der Waals surface area contributed by atoms with Crippen molar-refractivity contribution in [2.24, 2.45) is 0 Å². The average molecular weight is 330 g/mol. The van der Waals surface area contributed by atoms with Gasteiger partial charge in [0.1, 0.15) is 11.6 Å². The van der Waals surface area contributed by atoms with Crippen molar-refractivity contribution in [2.75, 3.05) is 30.3 Å². The molecule has 1 unspecified atom stereocenters. The van der Waals surface area contributed by atoms with Crippen molar-refractivity contribution in [3.63, 3.8) is 0 Å². The normalized spacial score (nSPS) is 17.0. The summed E-state index contributed by atoms with van der Waals surface area (Å²) in [6.45, 7) is 4.26. The van der Waals surface area contributed by atoms with Crippen LogP contribution in [0, 0.1) is 12.7 Å². The standard InChI is InChI=1S/C18H23FN4O/c1-13-11-17(20-9-8-14-4-6-15(19)7-5-14)23-18(22-13)21-12-16-3-2-10-24-16/h4-7,11,16H,2-3,8-10,12H2,1H3,(H2,20,21,22,23). The second-order valence-electron chi connectivity index (χ2n) is 6.04. The van der Waals surface area contributed by atoms with Gasteiger partial charge in [0.25, 0.3) is 0 Å². The van der Waals surface area contributed by atoms with Crippen LogP contribution in [0.4, 0.5) is 16.2 Å². The fourth-order valence-electron chi connectivity index (χ4n) is 2.73. The molecular weight excluding hydrogens is 307 g/mol. The van der Waals surface area contributed by atoms with Gasteiger partial charge in [-0.05, 0) is 43.9 Å². The highest BCUT2D eigenvalue weighted by molar-refractivity contribution is 5.42. The van der Waals surface area contributed by atoms with Gasteiger partial charge in [0, 0.05) is 31.5 Å². The van der Waals surface area contributed by atoms with Crippen LogP contribution >= 0.6 is 0 Å². The molecule has 1 aromatic carbocycles. The monoisotopic (exact) mass is 330 g/mol. The lowest BCUT2D eigenvalue weighted by Crippen LogP contribution is -2.20. The Morgan fingerprint density at radius 3 is 2.79 bits per heavy atom. The SMILES string of the molecule is Cc1cc(NCCc2ccc(F)cc2)nc(NCC2CCCO2)n1. The van der Waals surface area contributed by atoms with E-state index in [-0.39, 0.29) is 11.9 Å². The van der Waals surface area contributed by atoms with E-state index in [1.54, 1.807) is 12.1 Å². The number of nitrogens with one attached hydrogen (secondary N) is 2. The van der Waals surface area contributed by atoms with Crippen molar-refractivity contribution >= 4 is 11.8 Å². The van der Waals surface area contributed by atoms with Gasteiger partial charge in [-0.15, -0.1) is 0 Å². The molecule has 2 heterocycles. The van der Waals surface area contributed by atoms with Crippen molar-refractivity contribution in [3.8, 4) is 0 Å². The van der Waals surface area contributed by atoms with Gasteiger partial charge in [-0.2, -0.15) is 4.98 Å². The van der Waals surface area contributed by atoms with E-state index in [1.807, 2.05) is 13.0 Å². The molecule has 0 spiro atoms. The first kappa shape index (κ1) is 16.6. The largest absolute Gasteiger partial charge is 0.376 e. The smallest absolute Gasteiger partial charge is 0.224 e. The van der Waals surface area contributed by atoms with Crippen molar-refractivity contribution in [3.05, 3.63) is 47.4 Å². The molecule has 0 radical (unpaired) electrons. The summed E-state index contributed by atoms with van der Waals surface area (Å²) < 4.78 is 18.5. The zero-order chi connectivity index (χ0) is 16.8. The van der Waals surface area contributed by atoms with Crippen LogP contribution in [0.2, 0.25) is 0 Å². The molecule has 1 fully saturated rings. The molecule has 5 nitrogen and oxygen atoms in total. The molecule has 0 aliphatic carbocycles. The predicted molar refractivity (Wildman–Crippen MR) is 92.8 cm³/mol. The zero-order valence-electron chi connectivity index (χ0n) is 13.9. The molecule has 24 heavy (non-hydrogen) atoms. The molecule has 0 amide bonds. The summed E-state index contributed by atoms with van der Waals surface area (Å²) >= 11 is 0. The molecule has 0 bridgehead atoms. The highest BCUT2D eigenvalue weighted by Crippen LogP contribution is 2.14. The minimum Gasteiger partial charge on any atom is -0.376 e. The molecular formula is C18H23FN4O. The van der Waals surface area contributed by atoms with E-state index in [2.05, 4.69) is 20.6 Å². The molecule has 128 valence electrons. The minimum atomic E-state index is -0.208. The van der Waals surface area contributed by atoms with Gasteiger partial charge in [-0.3, -0.25) is 0 Å². The van der Waals surface area contributed by atoms with E-state index in [0.717, 1.165) is 56.0 Å². The van der Waals surface area contributed by atoms with E-state index in [1.165, 1.54) is 12.1 Å². The lowest BCUT2D eigenvalue weighted by molar-refractivity contribution is 0.120. The molecule has 2 N–H and O–H groups in total. The first-order valence-corrected chi connectivity index (χ1v) is 8.38. The fraction of sp³-hybridized carbons (Fsp3) is 0.444. The van der Waals surface area contributed by atoms with E-state index in [4.69, 9.17) is 4.74 Å². The molecule has 6 heteroatoms. The number of ether oxygens (including phenoxy) is 1. The summed E-state index contributed by atoms with van der Waals surface area (Å²) in [7, 11) is 0. The lowest BCUT2D eigenvalue weighted by Gasteiger charge is -2.12. The zero-order valence-corrected chi connectivity index (χ0v) is 13.9.